The molecule has 0 unspecified atom stereocenters. The van der Waals surface area contributed by atoms with E-state index in [1.165, 1.54) is 0 Å². The summed E-state index contributed by atoms with van der Waals surface area (Å²) in [5, 5.41) is 0. The van der Waals surface area contributed by atoms with Crippen LogP contribution >= 0.6 is 0 Å². The van der Waals surface area contributed by atoms with Gasteiger partial charge in [0.15, 0.2) is 6.29 Å². The van der Waals surface area contributed by atoms with Gasteiger partial charge in [-0.2, -0.15) is 0 Å². The maximum atomic E-state index is 6.43. The Hall–Kier alpha value is -2.58. The Kier molecular flexibility index (Phi) is 9.84. The van der Waals surface area contributed by atoms with Crippen LogP contribution in [-0.4, -0.2) is 51.5 Å². The SMILES string of the molecule is COC(OC)[C@H]1O[C@H](COCc2ccccc2)[C@@H](OCc2ccccc2)[C@@H]1OCc1ccccc1. The highest BCUT2D eigenvalue weighted by atomic mass is 16.7. The minimum absolute atomic E-state index is 0.346. The number of benzene rings is 3. The molecule has 3 aromatic carbocycles. The zero-order valence-electron chi connectivity index (χ0n) is 20.3. The van der Waals surface area contributed by atoms with Crippen molar-refractivity contribution in [2.24, 2.45) is 0 Å². The van der Waals surface area contributed by atoms with Gasteiger partial charge in [0.25, 0.3) is 0 Å². The average Bonchev–Trinajstić information content (AvgIpc) is 3.25. The molecule has 1 aliphatic rings. The van der Waals surface area contributed by atoms with E-state index in [1.54, 1.807) is 14.2 Å². The fourth-order valence-corrected chi connectivity index (χ4v) is 4.27. The largest absolute Gasteiger partial charge is 0.374 e. The first-order valence-corrected chi connectivity index (χ1v) is 11.9. The predicted molar refractivity (Wildman–Crippen MR) is 133 cm³/mol. The second-order valence-electron chi connectivity index (χ2n) is 8.50. The summed E-state index contributed by atoms with van der Waals surface area (Å²) >= 11 is 0. The maximum Gasteiger partial charge on any atom is 0.185 e. The summed E-state index contributed by atoms with van der Waals surface area (Å²) in [6, 6.07) is 30.2. The Morgan fingerprint density at radius 1 is 0.629 bits per heavy atom. The Morgan fingerprint density at radius 3 is 1.57 bits per heavy atom. The number of ether oxygens (including phenoxy) is 6. The van der Waals surface area contributed by atoms with Crippen molar-refractivity contribution in [3.05, 3.63) is 108 Å². The van der Waals surface area contributed by atoms with Crippen molar-refractivity contribution in [1.29, 1.82) is 0 Å². The summed E-state index contributed by atoms with van der Waals surface area (Å²) in [4.78, 5) is 0. The Bertz CT molecular complexity index is 964. The third-order valence-corrected chi connectivity index (χ3v) is 6.04. The van der Waals surface area contributed by atoms with Crippen LogP contribution in [0.3, 0.4) is 0 Å². The monoisotopic (exact) mass is 478 g/mol. The van der Waals surface area contributed by atoms with Crippen LogP contribution in [0.4, 0.5) is 0 Å². The molecular formula is C29H34O6. The van der Waals surface area contributed by atoms with Gasteiger partial charge in [-0.1, -0.05) is 91.0 Å². The number of hydrogen-bond acceptors (Lipinski definition) is 6. The van der Waals surface area contributed by atoms with Crippen LogP contribution in [0.15, 0.2) is 91.0 Å². The van der Waals surface area contributed by atoms with Gasteiger partial charge in [-0.25, -0.2) is 0 Å². The molecule has 0 bridgehead atoms. The molecule has 0 aromatic heterocycles. The highest BCUT2D eigenvalue weighted by Crippen LogP contribution is 2.32. The van der Waals surface area contributed by atoms with Crippen molar-refractivity contribution in [2.45, 2.75) is 50.5 Å². The molecule has 4 rings (SSSR count). The molecule has 0 aliphatic carbocycles. The lowest BCUT2D eigenvalue weighted by Gasteiger charge is -2.28. The van der Waals surface area contributed by atoms with E-state index in [2.05, 4.69) is 0 Å². The van der Waals surface area contributed by atoms with E-state index in [1.807, 2.05) is 91.0 Å². The second kappa shape index (κ2) is 13.5. The van der Waals surface area contributed by atoms with Gasteiger partial charge in [-0.15, -0.1) is 0 Å². The van der Waals surface area contributed by atoms with Crippen molar-refractivity contribution < 1.29 is 28.4 Å². The van der Waals surface area contributed by atoms with E-state index in [0.717, 1.165) is 16.7 Å². The van der Waals surface area contributed by atoms with Gasteiger partial charge >= 0.3 is 0 Å². The molecule has 1 heterocycles. The van der Waals surface area contributed by atoms with E-state index in [0.29, 0.717) is 26.4 Å². The first kappa shape index (κ1) is 25.5. The lowest BCUT2D eigenvalue weighted by molar-refractivity contribution is -0.202. The summed E-state index contributed by atoms with van der Waals surface area (Å²) in [6.07, 6.45) is -2.19. The highest BCUT2D eigenvalue weighted by molar-refractivity contribution is 5.15. The molecule has 0 amide bonds. The van der Waals surface area contributed by atoms with E-state index in [9.17, 15) is 0 Å². The van der Waals surface area contributed by atoms with Crippen LogP contribution in [0.1, 0.15) is 16.7 Å². The first-order chi connectivity index (χ1) is 17.3. The van der Waals surface area contributed by atoms with Crippen LogP contribution in [0.2, 0.25) is 0 Å². The van der Waals surface area contributed by atoms with Crippen LogP contribution in [-0.2, 0) is 48.2 Å². The molecule has 4 atom stereocenters. The van der Waals surface area contributed by atoms with Gasteiger partial charge in [-0.05, 0) is 16.7 Å². The fourth-order valence-electron chi connectivity index (χ4n) is 4.27. The fraction of sp³-hybridized carbons (Fsp3) is 0.379. The number of rotatable bonds is 13. The van der Waals surface area contributed by atoms with Crippen molar-refractivity contribution in [3.63, 3.8) is 0 Å². The molecular weight excluding hydrogens is 444 g/mol. The third kappa shape index (κ3) is 7.21. The van der Waals surface area contributed by atoms with E-state index >= 15 is 0 Å². The van der Waals surface area contributed by atoms with Gasteiger partial charge in [0.1, 0.15) is 24.4 Å². The zero-order chi connectivity index (χ0) is 24.3. The predicted octanol–water partition coefficient (Wildman–Crippen LogP) is 4.76. The molecule has 0 spiro atoms. The lowest BCUT2D eigenvalue weighted by Crippen LogP contribution is -2.43. The minimum atomic E-state index is -0.599. The molecule has 1 saturated heterocycles. The molecule has 1 aliphatic heterocycles. The topological polar surface area (TPSA) is 55.4 Å². The summed E-state index contributed by atoms with van der Waals surface area (Å²) < 4.78 is 36.5. The van der Waals surface area contributed by atoms with Crippen LogP contribution in [0, 0.1) is 0 Å². The average molecular weight is 479 g/mol. The number of hydrogen-bond donors (Lipinski definition) is 0. The molecule has 0 N–H and O–H groups in total. The first-order valence-electron chi connectivity index (χ1n) is 11.9. The minimum Gasteiger partial charge on any atom is -0.374 e. The molecule has 35 heavy (non-hydrogen) atoms. The normalized spacial score (nSPS) is 22.0. The zero-order valence-corrected chi connectivity index (χ0v) is 20.3. The summed E-state index contributed by atoms with van der Waals surface area (Å²) in [5.41, 5.74) is 3.26. The summed E-state index contributed by atoms with van der Waals surface area (Å²) in [6.45, 7) is 1.71. The molecule has 3 aromatic rings. The van der Waals surface area contributed by atoms with E-state index < -0.39 is 18.5 Å². The highest BCUT2D eigenvalue weighted by Gasteiger charge is 2.50. The van der Waals surface area contributed by atoms with E-state index in [-0.39, 0.29) is 12.2 Å². The van der Waals surface area contributed by atoms with Gasteiger partial charge < -0.3 is 28.4 Å². The standard InChI is InChI=1S/C29H34O6/c1-30-29(31-2)28-27(34-20-24-16-10-5-11-17-24)26(33-19-23-14-8-4-9-15-23)25(35-28)21-32-18-22-12-6-3-7-13-22/h3-17,25-29H,18-21H2,1-2H3/t25-,26-,27+,28+/m1/s1. The smallest absolute Gasteiger partial charge is 0.185 e. The second-order valence-corrected chi connectivity index (χ2v) is 8.50. The van der Waals surface area contributed by atoms with E-state index in [4.69, 9.17) is 28.4 Å². The molecule has 6 heteroatoms. The maximum absolute atomic E-state index is 6.43. The van der Waals surface area contributed by atoms with Gasteiger partial charge in [0, 0.05) is 14.2 Å². The van der Waals surface area contributed by atoms with Crippen LogP contribution in [0.5, 0.6) is 0 Å². The van der Waals surface area contributed by atoms with Crippen molar-refractivity contribution in [3.8, 4) is 0 Å². The van der Waals surface area contributed by atoms with Crippen LogP contribution < -0.4 is 0 Å². The Labute approximate surface area is 207 Å². The molecule has 186 valence electrons. The molecule has 6 nitrogen and oxygen atoms in total. The summed E-state index contributed by atoms with van der Waals surface area (Å²) in [7, 11) is 3.20. The van der Waals surface area contributed by atoms with Crippen molar-refractivity contribution in [2.75, 3.05) is 20.8 Å². The quantitative estimate of drug-likeness (QED) is 0.330. The third-order valence-electron chi connectivity index (χ3n) is 6.04. The van der Waals surface area contributed by atoms with Crippen LogP contribution in [0.25, 0.3) is 0 Å². The summed E-state index contributed by atoms with van der Waals surface area (Å²) in [5.74, 6) is 0. The molecule has 0 radical (unpaired) electrons. The van der Waals surface area contributed by atoms with Crippen molar-refractivity contribution >= 4 is 0 Å². The molecule has 0 saturated carbocycles. The van der Waals surface area contributed by atoms with Gasteiger partial charge in [0.2, 0.25) is 0 Å². The van der Waals surface area contributed by atoms with Crippen molar-refractivity contribution in [1.82, 2.24) is 0 Å². The lowest BCUT2D eigenvalue weighted by atomic mass is 10.1. The van der Waals surface area contributed by atoms with Gasteiger partial charge in [-0.3, -0.25) is 0 Å². The number of methoxy groups -OCH3 is 2. The van der Waals surface area contributed by atoms with Gasteiger partial charge in [0.05, 0.1) is 26.4 Å². The molecule has 1 fully saturated rings. The Morgan fingerprint density at radius 2 is 1.09 bits per heavy atom. The Balaban J connectivity index is 1.50.